The summed E-state index contributed by atoms with van der Waals surface area (Å²) in [4.78, 5) is 11.7. The van der Waals surface area contributed by atoms with Crippen molar-refractivity contribution in [2.75, 3.05) is 6.54 Å². The second kappa shape index (κ2) is 7.97. The van der Waals surface area contributed by atoms with Crippen LogP contribution in [0.15, 0.2) is 65.6 Å². The fourth-order valence-corrected chi connectivity index (χ4v) is 6.13. The lowest BCUT2D eigenvalue weighted by Crippen LogP contribution is -2.33. The van der Waals surface area contributed by atoms with Gasteiger partial charge in [-0.05, 0) is 59.0 Å². The van der Waals surface area contributed by atoms with E-state index in [1.54, 1.807) is 24.3 Å². The number of para-hydroxylation sites is 1. The van der Waals surface area contributed by atoms with Crippen molar-refractivity contribution in [1.29, 1.82) is 0 Å². The third kappa shape index (κ3) is 3.89. The molecule has 170 valence electrons. The molecule has 0 saturated carbocycles. The number of benzene rings is 3. The number of sulfonamides is 1. The number of carboxylic acids is 1. The van der Waals surface area contributed by atoms with Crippen molar-refractivity contribution in [3.05, 3.63) is 94.3 Å². The first kappa shape index (κ1) is 21.6. The molecule has 0 saturated heterocycles. The largest absolute Gasteiger partial charge is 0.483 e. The van der Waals surface area contributed by atoms with Gasteiger partial charge in [0.15, 0.2) is 0 Å². The topological polar surface area (TPSA) is 83.9 Å². The summed E-state index contributed by atoms with van der Waals surface area (Å²) in [6, 6.07) is 16.3. The Labute approximate surface area is 191 Å². The van der Waals surface area contributed by atoms with Crippen molar-refractivity contribution in [3.63, 3.8) is 0 Å². The Balaban J connectivity index is 1.79. The number of aryl methyl sites for hydroxylation is 1. The fourth-order valence-electron chi connectivity index (χ4n) is 4.59. The Hall–Kier alpha value is -3.23. The Bertz CT molecular complexity index is 1370. The molecule has 3 aromatic carbocycles. The van der Waals surface area contributed by atoms with Crippen molar-refractivity contribution >= 4 is 16.0 Å². The fraction of sp³-hybridized carbons (Fsp3) is 0.240. The van der Waals surface area contributed by atoms with Gasteiger partial charge in [0.2, 0.25) is 10.0 Å². The maximum atomic E-state index is 14.8. The number of ether oxygens (including phenoxy) is 1. The van der Waals surface area contributed by atoms with Crippen LogP contribution in [0.5, 0.6) is 5.75 Å². The van der Waals surface area contributed by atoms with Crippen molar-refractivity contribution in [2.45, 2.75) is 36.8 Å². The third-order valence-corrected chi connectivity index (χ3v) is 8.17. The van der Waals surface area contributed by atoms with Crippen LogP contribution in [0.2, 0.25) is 0 Å². The van der Waals surface area contributed by atoms with Gasteiger partial charge in [0.25, 0.3) is 0 Å². The van der Waals surface area contributed by atoms with Gasteiger partial charge in [-0.25, -0.2) is 12.8 Å². The van der Waals surface area contributed by atoms with Crippen molar-refractivity contribution < 1.29 is 27.4 Å². The van der Waals surface area contributed by atoms with Crippen LogP contribution in [0.3, 0.4) is 0 Å². The molecule has 3 atom stereocenters. The zero-order valence-corrected chi connectivity index (χ0v) is 18.7. The van der Waals surface area contributed by atoms with E-state index in [0.717, 1.165) is 11.1 Å². The number of fused-ring (bicyclic) bond motifs is 8. The zero-order chi connectivity index (χ0) is 23.3. The first-order valence-corrected chi connectivity index (χ1v) is 12.0. The molecule has 0 aromatic heterocycles. The molecule has 2 unspecified atom stereocenters. The van der Waals surface area contributed by atoms with Crippen LogP contribution in [-0.2, 0) is 21.4 Å². The maximum Gasteiger partial charge on any atom is 0.304 e. The molecule has 0 aliphatic carbocycles. The molecule has 6 nitrogen and oxygen atoms in total. The summed E-state index contributed by atoms with van der Waals surface area (Å²) < 4.78 is 49.4. The molecule has 2 heterocycles. The Kier molecular flexibility index (Phi) is 5.22. The highest BCUT2D eigenvalue weighted by molar-refractivity contribution is 7.89. The van der Waals surface area contributed by atoms with Gasteiger partial charge in [-0.15, -0.1) is 0 Å². The van der Waals surface area contributed by atoms with Crippen LogP contribution in [-0.4, -0.2) is 30.3 Å². The summed E-state index contributed by atoms with van der Waals surface area (Å²) in [5, 5.41) is 9.56. The van der Waals surface area contributed by atoms with E-state index in [-0.39, 0.29) is 30.2 Å². The van der Waals surface area contributed by atoms with Crippen molar-refractivity contribution in [2.24, 2.45) is 0 Å². The highest BCUT2D eigenvalue weighted by atomic mass is 32.2. The highest BCUT2D eigenvalue weighted by Gasteiger charge is 2.36. The lowest BCUT2D eigenvalue weighted by Gasteiger charge is -2.24. The standard InChI is InChI=1S/C25H22FNO5S/c1-15-6-7-16-8-19(15)13-27-14-23(32-22-4-2-3-5-24(22)33(27,30)31)18-9-17(10-20(26)11-18)21(16)12-25(28)29/h2-11,21,23H,12-14H2,1H3,(H,28,29)/t21?,23-/m0/s1. The number of rotatable bonds is 2. The average Bonchev–Trinajstić information content (AvgIpc) is 2.88. The molecule has 5 rings (SSSR count). The molecule has 0 amide bonds. The summed E-state index contributed by atoms with van der Waals surface area (Å²) in [7, 11) is -3.89. The monoisotopic (exact) mass is 467 g/mol. The predicted molar refractivity (Wildman–Crippen MR) is 119 cm³/mol. The smallest absolute Gasteiger partial charge is 0.304 e. The SMILES string of the molecule is Cc1ccc2cc1CN1C[C@H](Oc3ccccc3S1(=O)=O)c1cc(F)cc(c1)C2CC(=O)O. The van der Waals surface area contributed by atoms with Crippen molar-refractivity contribution in [1.82, 2.24) is 4.31 Å². The van der Waals surface area contributed by atoms with Gasteiger partial charge in [-0.2, -0.15) is 4.31 Å². The van der Waals surface area contributed by atoms with E-state index in [2.05, 4.69) is 0 Å². The first-order chi connectivity index (χ1) is 15.7. The second-order valence-corrected chi connectivity index (χ2v) is 10.4. The van der Waals surface area contributed by atoms with Crippen LogP contribution < -0.4 is 4.74 Å². The summed E-state index contributed by atoms with van der Waals surface area (Å²) in [6.45, 7) is 1.97. The number of hydrogen-bond donors (Lipinski definition) is 1. The number of nitrogens with zero attached hydrogens (tertiary/aromatic N) is 1. The van der Waals surface area contributed by atoms with E-state index in [4.69, 9.17) is 4.74 Å². The summed E-state index contributed by atoms with van der Waals surface area (Å²) in [5.41, 5.74) is 3.32. The Morgan fingerprint density at radius 1 is 1.09 bits per heavy atom. The number of hydrogen-bond acceptors (Lipinski definition) is 4. The van der Waals surface area contributed by atoms with Gasteiger partial charge in [-0.1, -0.05) is 36.4 Å². The van der Waals surface area contributed by atoms with Gasteiger partial charge in [0.05, 0.1) is 13.0 Å². The minimum absolute atomic E-state index is 0.00677. The molecule has 0 spiro atoms. The maximum absolute atomic E-state index is 14.8. The predicted octanol–water partition coefficient (Wildman–Crippen LogP) is 4.38. The molecule has 33 heavy (non-hydrogen) atoms. The van der Waals surface area contributed by atoms with Gasteiger partial charge < -0.3 is 9.84 Å². The van der Waals surface area contributed by atoms with Crippen LogP contribution in [0.1, 0.15) is 46.3 Å². The molecule has 2 aliphatic heterocycles. The van der Waals surface area contributed by atoms with E-state index in [1.165, 1.54) is 22.5 Å². The van der Waals surface area contributed by atoms with E-state index < -0.39 is 33.8 Å². The average molecular weight is 468 g/mol. The third-order valence-electron chi connectivity index (χ3n) is 6.32. The van der Waals surface area contributed by atoms with Crippen LogP contribution in [0.25, 0.3) is 0 Å². The second-order valence-electron chi connectivity index (χ2n) is 8.51. The minimum atomic E-state index is -3.89. The molecular formula is C25H22FNO5S. The van der Waals surface area contributed by atoms with Gasteiger partial charge in [-0.3, -0.25) is 4.79 Å². The summed E-state index contributed by atoms with van der Waals surface area (Å²) in [5.74, 6) is -1.91. The zero-order valence-electron chi connectivity index (χ0n) is 17.9. The molecule has 0 radical (unpaired) electrons. The van der Waals surface area contributed by atoms with E-state index >= 15 is 0 Å². The quantitative estimate of drug-likeness (QED) is 0.605. The van der Waals surface area contributed by atoms with Gasteiger partial charge in [0.1, 0.15) is 22.6 Å². The lowest BCUT2D eigenvalue weighted by molar-refractivity contribution is -0.137. The summed E-state index contributed by atoms with van der Waals surface area (Å²) in [6.07, 6.45) is -0.984. The van der Waals surface area contributed by atoms with Crippen molar-refractivity contribution in [3.8, 4) is 5.75 Å². The van der Waals surface area contributed by atoms with Gasteiger partial charge >= 0.3 is 5.97 Å². The first-order valence-electron chi connectivity index (χ1n) is 10.6. The van der Waals surface area contributed by atoms with E-state index in [9.17, 15) is 22.7 Å². The van der Waals surface area contributed by atoms with E-state index in [0.29, 0.717) is 16.7 Å². The van der Waals surface area contributed by atoms with E-state index in [1.807, 2.05) is 25.1 Å². The molecular weight excluding hydrogens is 445 g/mol. The van der Waals surface area contributed by atoms with Crippen LogP contribution >= 0.6 is 0 Å². The number of halogens is 1. The molecule has 6 bridgehead atoms. The highest BCUT2D eigenvalue weighted by Crippen LogP contribution is 2.39. The lowest BCUT2D eigenvalue weighted by atomic mass is 9.86. The van der Waals surface area contributed by atoms with Gasteiger partial charge in [0, 0.05) is 12.5 Å². The number of aliphatic carboxylic acids is 1. The van der Waals surface area contributed by atoms with Crippen LogP contribution in [0.4, 0.5) is 4.39 Å². The molecule has 1 N–H and O–H groups in total. The normalized spacial score (nSPS) is 22.8. The Morgan fingerprint density at radius 3 is 2.64 bits per heavy atom. The minimum Gasteiger partial charge on any atom is -0.483 e. The molecule has 0 fully saturated rings. The van der Waals surface area contributed by atoms with Crippen LogP contribution in [0, 0.1) is 12.7 Å². The Morgan fingerprint density at radius 2 is 1.85 bits per heavy atom. The molecule has 2 aliphatic rings. The number of carbonyl (C=O) groups is 1. The number of carboxylic acid groups (broad SMARTS) is 1. The molecule has 3 aromatic rings. The molecule has 8 heteroatoms. The summed E-state index contributed by atoms with van der Waals surface area (Å²) >= 11 is 0.